The molecular weight excluding hydrogens is 304 g/mol. The van der Waals surface area contributed by atoms with E-state index in [0.717, 1.165) is 16.9 Å². The van der Waals surface area contributed by atoms with Gasteiger partial charge in [-0.05, 0) is 48.2 Å². The second-order valence-corrected chi connectivity index (χ2v) is 6.43. The minimum Gasteiger partial charge on any atom is -0.491 e. The van der Waals surface area contributed by atoms with Gasteiger partial charge in [-0.15, -0.1) is 0 Å². The zero-order valence-electron chi connectivity index (χ0n) is 14.1. The van der Waals surface area contributed by atoms with Gasteiger partial charge in [0.2, 0.25) is 0 Å². The maximum Gasteiger partial charge on any atom is 0.120 e. The van der Waals surface area contributed by atoms with E-state index < -0.39 is 12.2 Å². The van der Waals surface area contributed by atoms with Crippen LogP contribution >= 0.6 is 0 Å². The smallest absolute Gasteiger partial charge is 0.120 e. The molecule has 4 heteroatoms. The van der Waals surface area contributed by atoms with Gasteiger partial charge in [0.05, 0.1) is 18.8 Å². The Labute approximate surface area is 142 Å². The molecule has 0 bridgehead atoms. The van der Waals surface area contributed by atoms with Crippen molar-refractivity contribution < 1.29 is 19.7 Å². The first-order chi connectivity index (χ1) is 11.5. The number of benzene rings is 2. The molecule has 0 unspecified atom stereocenters. The molecule has 1 fully saturated rings. The fourth-order valence-corrected chi connectivity index (χ4v) is 3.21. The summed E-state index contributed by atoms with van der Waals surface area (Å²) >= 11 is 0. The summed E-state index contributed by atoms with van der Waals surface area (Å²) in [6.45, 7) is 4.69. The van der Waals surface area contributed by atoms with Crippen LogP contribution in [-0.4, -0.2) is 41.7 Å². The number of aliphatic hydroxyl groups excluding tert-OH is 2. The van der Waals surface area contributed by atoms with Crippen LogP contribution in [0.4, 0.5) is 0 Å². The summed E-state index contributed by atoms with van der Waals surface area (Å²) in [5.41, 5.74) is 4.76. The molecule has 1 aliphatic heterocycles. The third-order valence-corrected chi connectivity index (χ3v) is 4.46. The molecule has 2 aromatic rings. The van der Waals surface area contributed by atoms with Crippen molar-refractivity contribution in [2.45, 2.75) is 38.6 Å². The van der Waals surface area contributed by atoms with Crippen LogP contribution in [0.3, 0.4) is 0 Å². The summed E-state index contributed by atoms with van der Waals surface area (Å²) in [6, 6.07) is 14.4. The van der Waals surface area contributed by atoms with Gasteiger partial charge >= 0.3 is 0 Å². The Hall–Kier alpha value is -1.88. The minimum absolute atomic E-state index is 0.153. The van der Waals surface area contributed by atoms with Gasteiger partial charge in [-0.3, -0.25) is 0 Å². The summed E-state index contributed by atoms with van der Waals surface area (Å²) in [6.07, 6.45) is -1.34. The number of aliphatic hydroxyl groups is 2. The molecule has 3 atom stereocenters. The maximum absolute atomic E-state index is 9.71. The number of hydrogen-bond donors (Lipinski definition) is 2. The summed E-state index contributed by atoms with van der Waals surface area (Å²) in [5, 5.41) is 19.2. The lowest BCUT2D eigenvalue weighted by Gasteiger charge is -2.30. The van der Waals surface area contributed by atoms with Crippen molar-refractivity contribution in [1.82, 2.24) is 0 Å². The zero-order chi connectivity index (χ0) is 17.1. The van der Waals surface area contributed by atoms with E-state index >= 15 is 0 Å². The van der Waals surface area contributed by atoms with Crippen molar-refractivity contribution in [2.24, 2.45) is 0 Å². The predicted octanol–water partition coefficient (Wildman–Crippen LogP) is 2.86. The van der Waals surface area contributed by atoms with Gasteiger partial charge in [0.1, 0.15) is 18.5 Å². The summed E-state index contributed by atoms with van der Waals surface area (Å²) in [4.78, 5) is 0. The first-order valence-corrected chi connectivity index (χ1v) is 8.32. The van der Waals surface area contributed by atoms with E-state index in [1.165, 1.54) is 11.1 Å². The lowest BCUT2D eigenvalue weighted by molar-refractivity contribution is -0.129. The van der Waals surface area contributed by atoms with Crippen molar-refractivity contribution in [3.63, 3.8) is 0 Å². The van der Waals surface area contributed by atoms with Gasteiger partial charge in [0, 0.05) is 6.42 Å². The number of hydrogen-bond acceptors (Lipinski definition) is 4. The topological polar surface area (TPSA) is 58.9 Å². The molecule has 0 amide bonds. The van der Waals surface area contributed by atoms with E-state index in [1.807, 2.05) is 30.3 Å². The molecule has 0 spiro atoms. The molecule has 4 nitrogen and oxygen atoms in total. The fourth-order valence-electron chi connectivity index (χ4n) is 3.21. The largest absolute Gasteiger partial charge is 0.491 e. The molecular formula is C20H24O4. The van der Waals surface area contributed by atoms with Crippen molar-refractivity contribution in [2.75, 3.05) is 13.2 Å². The van der Waals surface area contributed by atoms with Crippen LogP contribution < -0.4 is 4.74 Å². The van der Waals surface area contributed by atoms with E-state index in [0.29, 0.717) is 13.0 Å². The monoisotopic (exact) mass is 328 g/mol. The molecule has 2 N–H and O–H groups in total. The maximum atomic E-state index is 9.71. The molecule has 0 saturated carbocycles. The first kappa shape index (κ1) is 17.0. The van der Waals surface area contributed by atoms with Crippen molar-refractivity contribution in [1.29, 1.82) is 0 Å². The first-order valence-electron chi connectivity index (χ1n) is 8.32. The number of aryl methyl sites for hydroxylation is 2. The van der Waals surface area contributed by atoms with Gasteiger partial charge in [-0.2, -0.15) is 0 Å². The zero-order valence-corrected chi connectivity index (χ0v) is 14.1. The molecule has 2 aromatic carbocycles. The Morgan fingerprint density at radius 3 is 2.33 bits per heavy atom. The van der Waals surface area contributed by atoms with Crippen molar-refractivity contribution >= 4 is 0 Å². The van der Waals surface area contributed by atoms with Crippen molar-refractivity contribution in [3.8, 4) is 16.9 Å². The molecule has 1 saturated heterocycles. The van der Waals surface area contributed by atoms with Gasteiger partial charge in [-0.1, -0.05) is 30.3 Å². The SMILES string of the molecule is Cc1cc(OC[C@@H]2C[C@@H](O)[C@@H](O)CO2)cc(C)c1-c1ccccc1. The molecule has 24 heavy (non-hydrogen) atoms. The van der Waals surface area contributed by atoms with Crippen LogP contribution in [0, 0.1) is 13.8 Å². The summed E-state index contributed by atoms with van der Waals surface area (Å²) in [7, 11) is 0. The average Bonchev–Trinajstić information content (AvgIpc) is 2.56. The second kappa shape index (κ2) is 7.34. The van der Waals surface area contributed by atoms with E-state index in [2.05, 4.69) is 26.0 Å². The Balaban J connectivity index is 1.70. The number of rotatable bonds is 4. The Morgan fingerprint density at radius 1 is 1.04 bits per heavy atom. The molecule has 128 valence electrons. The molecule has 1 aliphatic rings. The van der Waals surface area contributed by atoms with E-state index in [-0.39, 0.29) is 12.7 Å². The third kappa shape index (κ3) is 3.78. The summed E-state index contributed by atoms with van der Waals surface area (Å²) in [5.74, 6) is 0.800. The minimum atomic E-state index is -0.795. The van der Waals surface area contributed by atoms with E-state index in [9.17, 15) is 10.2 Å². The second-order valence-electron chi connectivity index (χ2n) is 6.43. The molecule has 0 aliphatic carbocycles. The van der Waals surface area contributed by atoms with Crippen molar-refractivity contribution in [3.05, 3.63) is 53.6 Å². The van der Waals surface area contributed by atoms with Gasteiger partial charge < -0.3 is 19.7 Å². The number of ether oxygens (including phenoxy) is 2. The standard InChI is InChI=1S/C20H24O4/c1-13-8-16(23-11-17-10-18(21)19(22)12-24-17)9-14(2)20(13)15-6-4-3-5-7-15/h3-9,17-19,21-22H,10-12H2,1-2H3/t17-,18+,19-/m0/s1. The van der Waals surface area contributed by atoms with Crippen LogP contribution in [-0.2, 0) is 4.74 Å². The molecule has 1 heterocycles. The highest BCUT2D eigenvalue weighted by Gasteiger charge is 2.28. The lowest BCUT2D eigenvalue weighted by atomic mass is 9.95. The highest BCUT2D eigenvalue weighted by atomic mass is 16.5. The predicted molar refractivity (Wildman–Crippen MR) is 93.2 cm³/mol. The Kier molecular flexibility index (Phi) is 5.19. The Bertz CT molecular complexity index is 660. The normalized spacial score (nSPS) is 23.9. The van der Waals surface area contributed by atoms with Gasteiger partial charge in [0.15, 0.2) is 0 Å². The molecule has 3 rings (SSSR count). The quantitative estimate of drug-likeness (QED) is 0.906. The van der Waals surface area contributed by atoms with Crippen LogP contribution in [0.15, 0.2) is 42.5 Å². The Morgan fingerprint density at radius 2 is 1.71 bits per heavy atom. The summed E-state index contributed by atoms with van der Waals surface area (Å²) < 4.78 is 11.4. The highest BCUT2D eigenvalue weighted by Crippen LogP contribution is 2.31. The van der Waals surface area contributed by atoms with Gasteiger partial charge in [-0.25, -0.2) is 0 Å². The highest BCUT2D eigenvalue weighted by molar-refractivity contribution is 5.71. The molecule has 0 aromatic heterocycles. The van der Waals surface area contributed by atoms with E-state index in [4.69, 9.17) is 9.47 Å². The van der Waals surface area contributed by atoms with E-state index in [1.54, 1.807) is 0 Å². The third-order valence-electron chi connectivity index (χ3n) is 4.46. The van der Waals surface area contributed by atoms with Crippen LogP contribution in [0.25, 0.3) is 11.1 Å². The van der Waals surface area contributed by atoms with Gasteiger partial charge in [0.25, 0.3) is 0 Å². The van der Waals surface area contributed by atoms with Crippen LogP contribution in [0.5, 0.6) is 5.75 Å². The average molecular weight is 328 g/mol. The molecule has 0 radical (unpaired) electrons. The lowest BCUT2D eigenvalue weighted by Crippen LogP contribution is -2.43. The fraction of sp³-hybridized carbons (Fsp3) is 0.400. The van der Waals surface area contributed by atoms with Crippen LogP contribution in [0.1, 0.15) is 17.5 Å². The van der Waals surface area contributed by atoms with Crippen LogP contribution in [0.2, 0.25) is 0 Å².